The number of hydrogen-bond donors (Lipinski definition) is 2. The SMILES string of the molecule is Cc1cc(Br)ccc1NC(=O)C(=O)N/N=C/c1ccccc1Cl. The first-order valence-electron chi connectivity index (χ1n) is 6.62. The molecule has 5 nitrogen and oxygen atoms in total. The van der Waals surface area contributed by atoms with E-state index < -0.39 is 11.8 Å². The van der Waals surface area contributed by atoms with E-state index >= 15 is 0 Å². The fourth-order valence-electron chi connectivity index (χ4n) is 1.74. The van der Waals surface area contributed by atoms with Crippen molar-refractivity contribution in [2.75, 3.05) is 5.32 Å². The molecule has 0 aliphatic rings. The van der Waals surface area contributed by atoms with E-state index in [2.05, 4.69) is 31.8 Å². The van der Waals surface area contributed by atoms with E-state index in [-0.39, 0.29) is 0 Å². The number of nitrogens with one attached hydrogen (secondary N) is 2. The van der Waals surface area contributed by atoms with Crippen LogP contribution in [0.15, 0.2) is 52.0 Å². The van der Waals surface area contributed by atoms with Crippen LogP contribution < -0.4 is 10.7 Å². The Kier molecular flexibility index (Phi) is 5.90. The highest BCUT2D eigenvalue weighted by Gasteiger charge is 2.14. The Balaban J connectivity index is 1.95. The van der Waals surface area contributed by atoms with Crippen molar-refractivity contribution in [3.63, 3.8) is 0 Å². The summed E-state index contributed by atoms with van der Waals surface area (Å²) in [5, 5.41) is 6.75. The first-order valence-corrected chi connectivity index (χ1v) is 7.79. The van der Waals surface area contributed by atoms with Crippen LogP contribution in [0.25, 0.3) is 0 Å². The Morgan fingerprint density at radius 3 is 2.61 bits per heavy atom. The molecular weight excluding hydrogens is 382 g/mol. The molecule has 2 aromatic carbocycles. The third-order valence-corrected chi connectivity index (χ3v) is 3.76. The van der Waals surface area contributed by atoms with E-state index in [9.17, 15) is 9.59 Å². The minimum atomic E-state index is -0.865. The lowest BCUT2D eigenvalue weighted by Crippen LogP contribution is -2.32. The van der Waals surface area contributed by atoms with E-state index in [1.54, 1.807) is 36.4 Å². The minimum absolute atomic E-state index is 0.500. The second-order valence-electron chi connectivity index (χ2n) is 4.63. The van der Waals surface area contributed by atoms with Crippen LogP contribution in [0.3, 0.4) is 0 Å². The van der Waals surface area contributed by atoms with Gasteiger partial charge in [-0.25, -0.2) is 5.43 Å². The summed E-state index contributed by atoms with van der Waals surface area (Å²) in [5.74, 6) is -1.66. The molecule has 0 spiro atoms. The van der Waals surface area contributed by atoms with Crippen LogP contribution in [-0.2, 0) is 9.59 Å². The minimum Gasteiger partial charge on any atom is -0.317 e. The van der Waals surface area contributed by atoms with Crippen LogP contribution in [-0.4, -0.2) is 18.0 Å². The predicted molar refractivity (Wildman–Crippen MR) is 94.7 cm³/mol. The Hall–Kier alpha value is -2.18. The third-order valence-electron chi connectivity index (χ3n) is 2.92. The van der Waals surface area contributed by atoms with Crippen molar-refractivity contribution < 1.29 is 9.59 Å². The summed E-state index contributed by atoms with van der Waals surface area (Å²) in [6.07, 6.45) is 1.37. The van der Waals surface area contributed by atoms with Gasteiger partial charge in [0.05, 0.1) is 6.21 Å². The maximum atomic E-state index is 11.8. The molecular formula is C16H13BrClN3O2. The van der Waals surface area contributed by atoms with Gasteiger partial charge in [0, 0.05) is 20.7 Å². The maximum absolute atomic E-state index is 11.8. The van der Waals surface area contributed by atoms with Crippen LogP contribution in [0.4, 0.5) is 5.69 Å². The maximum Gasteiger partial charge on any atom is 0.329 e. The van der Waals surface area contributed by atoms with E-state index in [0.29, 0.717) is 16.3 Å². The molecule has 0 unspecified atom stereocenters. The van der Waals surface area contributed by atoms with Crippen molar-refractivity contribution in [2.24, 2.45) is 5.10 Å². The van der Waals surface area contributed by atoms with Gasteiger partial charge in [0.2, 0.25) is 0 Å². The number of carbonyl (C=O) groups excluding carboxylic acids is 2. The Morgan fingerprint density at radius 2 is 1.91 bits per heavy atom. The summed E-state index contributed by atoms with van der Waals surface area (Å²) in [6, 6.07) is 12.3. The highest BCUT2D eigenvalue weighted by Crippen LogP contribution is 2.19. The van der Waals surface area contributed by atoms with Crippen molar-refractivity contribution in [3.05, 3.63) is 63.1 Å². The van der Waals surface area contributed by atoms with E-state index in [4.69, 9.17) is 11.6 Å². The van der Waals surface area contributed by atoms with Gasteiger partial charge in [-0.05, 0) is 36.8 Å². The van der Waals surface area contributed by atoms with E-state index in [0.717, 1.165) is 10.0 Å². The molecule has 0 bridgehead atoms. The zero-order chi connectivity index (χ0) is 16.8. The number of nitrogens with zero attached hydrogens (tertiary/aromatic N) is 1. The Bertz CT molecular complexity index is 778. The van der Waals surface area contributed by atoms with E-state index in [1.165, 1.54) is 6.21 Å². The van der Waals surface area contributed by atoms with Gasteiger partial charge in [0.25, 0.3) is 0 Å². The second kappa shape index (κ2) is 7.89. The standard InChI is InChI=1S/C16H13BrClN3O2/c1-10-8-12(17)6-7-14(10)20-15(22)16(23)21-19-9-11-4-2-3-5-13(11)18/h2-9H,1H3,(H,20,22)(H,21,23)/b19-9+. The van der Waals surface area contributed by atoms with Gasteiger partial charge in [-0.3, -0.25) is 9.59 Å². The topological polar surface area (TPSA) is 70.6 Å². The van der Waals surface area contributed by atoms with Gasteiger partial charge in [0.1, 0.15) is 0 Å². The number of rotatable bonds is 3. The second-order valence-corrected chi connectivity index (χ2v) is 5.96. The molecule has 0 aliphatic heterocycles. The van der Waals surface area contributed by atoms with Crippen LogP contribution >= 0.6 is 27.5 Å². The first kappa shape index (κ1) is 17.2. The van der Waals surface area contributed by atoms with Crippen molar-refractivity contribution in [1.29, 1.82) is 0 Å². The lowest BCUT2D eigenvalue weighted by molar-refractivity contribution is -0.136. The molecule has 0 heterocycles. The number of anilines is 1. The quantitative estimate of drug-likeness (QED) is 0.475. The molecule has 0 saturated carbocycles. The molecule has 0 fully saturated rings. The van der Waals surface area contributed by atoms with Gasteiger partial charge in [-0.1, -0.05) is 45.7 Å². The van der Waals surface area contributed by atoms with Gasteiger partial charge in [-0.2, -0.15) is 5.10 Å². The van der Waals surface area contributed by atoms with Crippen LogP contribution in [0.1, 0.15) is 11.1 Å². The van der Waals surface area contributed by atoms with Crippen molar-refractivity contribution >= 4 is 51.2 Å². The molecule has 0 atom stereocenters. The molecule has 0 radical (unpaired) electrons. The summed E-state index contributed by atoms with van der Waals surface area (Å²) in [4.78, 5) is 23.5. The Morgan fingerprint density at radius 1 is 1.17 bits per heavy atom. The number of aryl methyl sites for hydroxylation is 1. The van der Waals surface area contributed by atoms with Crippen LogP contribution in [0.2, 0.25) is 5.02 Å². The summed E-state index contributed by atoms with van der Waals surface area (Å²) >= 11 is 9.28. The molecule has 0 aliphatic carbocycles. The summed E-state index contributed by atoms with van der Waals surface area (Å²) in [5.41, 5.74) is 4.19. The molecule has 0 aromatic heterocycles. The predicted octanol–water partition coefficient (Wildman–Crippen LogP) is 3.50. The van der Waals surface area contributed by atoms with Gasteiger partial charge < -0.3 is 5.32 Å². The first-order chi connectivity index (χ1) is 11.0. The number of amides is 2. The smallest absolute Gasteiger partial charge is 0.317 e. The highest BCUT2D eigenvalue weighted by molar-refractivity contribution is 9.10. The van der Waals surface area contributed by atoms with Crippen LogP contribution in [0, 0.1) is 6.92 Å². The van der Waals surface area contributed by atoms with Gasteiger partial charge >= 0.3 is 11.8 Å². The fraction of sp³-hybridized carbons (Fsp3) is 0.0625. The van der Waals surface area contributed by atoms with Crippen molar-refractivity contribution in [2.45, 2.75) is 6.92 Å². The van der Waals surface area contributed by atoms with E-state index in [1.807, 2.05) is 13.0 Å². The van der Waals surface area contributed by atoms with Crippen LogP contribution in [0.5, 0.6) is 0 Å². The average molecular weight is 395 g/mol. The van der Waals surface area contributed by atoms with Gasteiger partial charge in [0.15, 0.2) is 0 Å². The molecule has 23 heavy (non-hydrogen) atoms. The zero-order valence-corrected chi connectivity index (χ0v) is 14.5. The zero-order valence-electron chi connectivity index (χ0n) is 12.1. The molecule has 2 N–H and O–H groups in total. The molecule has 2 aromatic rings. The fourth-order valence-corrected chi connectivity index (χ4v) is 2.40. The normalized spacial score (nSPS) is 10.6. The molecule has 2 rings (SSSR count). The lowest BCUT2D eigenvalue weighted by atomic mass is 10.2. The average Bonchev–Trinajstić information content (AvgIpc) is 2.51. The molecule has 118 valence electrons. The van der Waals surface area contributed by atoms with Crippen molar-refractivity contribution in [1.82, 2.24) is 5.43 Å². The number of halogens is 2. The number of hydrazone groups is 1. The van der Waals surface area contributed by atoms with Crippen molar-refractivity contribution in [3.8, 4) is 0 Å². The summed E-state index contributed by atoms with van der Waals surface area (Å²) < 4.78 is 0.891. The highest BCUT2D eigenvalue weighted by atomic mass is 79.9. The lowest BCUT2D eigenvalue weighted by Gasteiger charge is -2.07. The number of hydrogen-bond acceptors (Lipinski definition) is 3. The number of benzene rings is 2. The third kappa shape index (κ3) is 4.91. The Labute approximate surface area is 146 Å². The monoisotopic (exact) mass is 393 g/mol. The number of carbonyl (C=O) groups is 2. The van der Waals surface area contributed by atoms with Gasteiger partial charge in [-0.15, -0.1) is 0 Å². The largest absolute Gasteiger partial charge is 0.329 e. The summed E-state index contributed by atoms with van der Waals surface area (Å²) in [7, 11) is 0. The molecule has 7 heteroatoms. The molecule has 0 saturated heterocycles. The molecule has 2 amide bonds. The summed E-state index contributed by atoms with van der Waals surface area (Å²) in [6.45, 7) is 1.83.